The fraction of sp³-hybridized carbons (Fsp3) is 0.643. The Hall–Kier alpha value is -1.59. The van der Waals surface area contributed by atoms with Gasteiger partial charge in [-0.25, -0.2) is 23.8 Å². The molecule has 19 heteroatoms. The lowest BCUT2D eigenvalue weighted by Gasteiger charge is -2.20. The van der Waals surface area contributed by atoms with E-state index in [-0.39, 0.29) is 23.5 Å². The van der Waals surface area contributed by atoms with Crippen LogP contribution in [0.25, 0.3) is 11.2 Å². The molecule has 2 aromatic rings. The van der Waals surface area contributed by atoms with Gasteiger partial charge in [-0.05, 0) is 0 Å². The number of rotatable bonds is 8. The first kappa shape index (κ1) is 24.5. The van der Waals surface area contributed by atoms with E-state index in [0.29, 0.717) is 0 Å². The number of fused-ring (bicyclic) bond motifs is 1. The van der Waals surface area contributed by atoms with Gasteiger partial charge in [-0.2, -0.15) is 0 Å². The second-order valence-electron chi connectivity index (χ2n) is 7.24. The summed E-state index contributed by atoms with van der Waals surface area (Å²) in [6, 6.07) is 0. The van der Waals surface area contributed by atoms with E-state index in [0.717, 1.165) is 0 Å². The number of nitrogens with two attached hydrogens (primary N) is 1. The molecule has 33 heavy (non-hydrogen) atoms. The lowest BCUT2D eigenvalue weighted by molar-refractivity contribution is -0.0480. The van der Waals surface area contributed by atoms with Crippen molar-refractivity contribution in [3.05, 3.63) is 12.7 Å². The molecule has 0 saturated carbocycles. The van der Waals surface area contributed by atoms with Crippen LogP contribution >= 0.6 is 16.1 Å². The number of imidazole rings is 1. The highest BCUT2D eigenvalue weighted by Crippen LogP contribution is 2.53. The van der Waals surface area contributed by atoms with E-state index in [4.69, 9.17) is 15.0 Å². The standard InChI is InChI=1S/C14H22N6O11P2/c15-11-7-12(18-3-17-11)20(4-19-7)14-10(24)9(23)6(29-14)2-28-32(25)31-33(26,27)30-13-8(22)5(21)1-16-13/h3-6,8-10,13-14,16,21-24,32H,1-2H2,(H,26,27)(H2,15,17,18)/t5-,6-,8?,9?,10?,13?,14-/m1/s1. The van der Waals surface area contributed by atoms with Crippen LogP contribution in [0.3, 0.4) is 0 Å². The topological polar surface area (TPSA) is 254 Å². The molecule has 4 heterocycles. The third-order valence-electron chi connectivity index (χ3n) is 5.03. The second kappa shape index (κ2) is 9.58. The van der Waals surface area contributed by atoms with Gasteiger partial charge in [0.2, 0.25) is 0 Å². The number of aromatic nitrogens is 4. The van der Waals surface area contributed by atoms with Gasteiger partial charge in [0, 0.05) is 6.54 Å². The van der Waals surface area contributed by atoms with Crippen LogP contribution < -0.4 is 11.1 Å². The average Bonchev–Trinajstić information content (AvgIpc) is 3.40. The number of ether oxygens (including phenoxy) is 1. The fourth-order valence-corrected chi connectivity index (χ4v) is 5.29. The summed E-state index contributed by atoms with van der Waals surface area (Å²) in [6.45, 7) is -0.679. The summed E-state index contributed by atoms with van der Waals surface area (Å²) < 4.78 is 44.8. The van der Waals surface area contributed by atoms with E-state index in [1.807, 2.05) is 0 Å². The molecule has 2 aliphatic rings. The van der Waals surface area contributed by atoms with E-state index in [9.17, 15) is 34.4 Å². The van der Waals surface area contributed by atoms with Crippen LogP contribution in [0.5, 0.6) is 0 Å². The minimum atomic E-state index is -4.95. The number of aliphatic hydroxyl groups excluding tert-OH is 4. The van der Waals surface area contributed by atoms with Crippen molar-refractivity contribution in [1.82, 2.24) is 24.8 Å². The second-order valence-corrected chi connectivity index (χ2v) is 9.91. The Balaban J connectivity index is 1.34. The number of phosphoric acid groups is 1. The normalized spacial score (nSPS) is 35.1. The Morgan fingerprint density at radius 3 is 2.70 bits per heavy atom. The molecular weight excluding hydrogens is 490 g/mol. The monoisotopic (exact) mass is 512 g/mol. The number of β-amino-alcohol motifs (C(OH)–C–C–N with tert-alkyl or cyclic N) is 1. The van der Waals surface area contributed by atoms with Crippen LogP contribution in [0.1, 0.15) is 6.23 Å². The molecule has 4 rings (SSSR count). The average molecular weight is 512 g/mol. The molecule has 8 N–H and O–H groups in total. The zero-order valence-electron chi connectivity index (χ0n) is 16.6. The SMILES string of the molecule is Nc1ncnc2c1ncn2[C@@H]1O[C@H](CO[PH](=O)OP(=O)(O)OC2NC[C@@H](O)C2O)C(O)C1O. The van der Waals surface area contributed by atoms with E-state index >= 15 is 0 Å². The predicted octanol–water partition coefficient (Wildman–Crippen LogP) is -2.78. The number of anilines is 1. The summed E-state index contributed by atoms with van der Waals surface area (Å²) >= 11 is 0. The third-order valence-corrected chi connectivity index (χ3v) is 7.45. The quantitative estimate of drug-likeness (QED) is 0.177. The van der Waals surface area contributed by atoms with Gasteiger partial charge in [0.15, 0.2) is 17.7 Å². The predicted molar refractivity (Wildman–Crippen MR) is 106 cm³/mol. The minimum absolute atomic E-state index is 0.0945. The maximum atomic E-state index is 12.0. The highest BCUT2D eigenvalue weighted by molar-refractivity contribution is 7.56. The first-order chi connectivity index (χ1) is 15.6. The van der Waals surface area contributed by atoms with Crippen LogP contribution in [-0.2, 0) is 27.2 Å². The van der Waals surface area contributed by atoms with Crippen molar-refractivity contribution >= 4 is 33.1 Å². The fourth-order valence-electron chi connectivity index (χ4n) is 3.37. The van der Waals surface area contributed by atoms with Crippen molar-refractivity contribution in [3.63, 3.8) is 0 Å². The molecule has 17 nitrogen and oxygen atoms in total. The lowest BCUT2D eigenvalue weighted by Crippen LogP contribution is -2.34. The molecule has 0 radical (unpaired) electrons. The minimum Gasteiger partial charge on any atom is -0.389 e. The number of hydrogen-bond donors (Lipinski definition) is 7. The number of hydrogen-bond acceptors (Lipinski definition) is 15. The van der Waals surface area contributed by atoms with Crippen LogP contribution in [-0.4, -0.2) is 94.7 Å². The lowest BCUT2D eigenvalue weighted by atomic mass is 10.1. The molecule has 2 aromatic heterocycles. The van der Waals surface area contributed by atoms with Crippen molar-refractivity contribution in [2.24, 2.45) is 0 Å². The molecule has 0 spiro atoms. The van der Waals surface area contributed by atoms with Gasteiger partial charge in [-0.15, -0.1) is 0 Å². The van der Waals surface area contributed by atoms with E-state index < -0.39 is 65.7 Å². The first-order valence-electron chi connectivity index (χ1n) is 9.49. The molecular formula is C14H22N6O11P2. The Labute approximate surface area is 185 Å². The van der Waals surface area contributed by atoms with Crippen molar-refractivity contribution in [3.8, 4) is 0 Å². The Morgan fingerprint density at radius 1 is 1.24 bits per heavy atom. The first-order valence-corrected chi connectivity index (χ1v) is 12.2. The maximum Gasteiger partial charge on any atom is 0.480 e. The summed E-state index contributed by atoms with van der Waals surface area (Å²) in [5, 5.41) is 42.1. The van der Waals surface area contributed by atoms with Gasteiger partial charge in [0.05, 0.1) is 19.0 Å². The van der Waals surface area contributed by atoms with Crippen LogP contribution in [0.2, 0.25) is 0 Å². The van der Waals surface area contributed by atoms with E-state index in [1.165, 1.54) is 17.2 Å². The van der Waals surface area contributed by atoms with Crippen LogP contribution in [0, 0.1) is 0 Å². The van der Waals surface area contributed by atoms with Gasteiger partial charge in [0.25, 0.3) is 0 Å². The Morgan fingerprint density at radius 2 is 2.00 bits per heavy atom. The van der Waals surface area contributed by atoms with E-state index in [1.54, 1.807) is 0 Å². The van der Waals surface area contributed by atoms with Crippen LogP contribution in [0.15, 0.2) is 12.7 Å². The van der Waals surface area contributed by atoms with E-state index in [2.05, 4.69) is 29.1 Å². The highest BCUT2D eigenvalue weighted by Gasteiger charge is 2.45. The largest absolute Gasteiger partial charge is 0.480 e. The number of nitrogen functional groups attached to an aromatic ring is 1. The highest BCUT2D eigenvalue weighted by atomic mass is 31.2. The Bertz CT molecular complexity index is 1070. The summed E-state index contributed by atoms with van der Waals surface area (Å²) in [7, 11) is -8.60. The number of phosphoric ester groups is 1. The van der Waals surface area contributed by atoms with Crippen LogP contribution in [0.4, 0.5) is 5.82 Å². The smallest absolute Gasteiger partial charge is 0.389 e. The molecule has 6 unspecified atom stereocenters. The summed E-state index contributed by atoms with van der Waals surface area (Å²) in [4.78, 5) is 21.6. The number of aliphatic hydroxyl groups is 4. The zero-order valence-corrected chi connectivity index (χ0v) is 18.5. The molecule has 9 atom stereocenters. The zero-order chi connectivity index (χ0) is 23.9. The van der Waals surface area contributed by atoms with Gasteiger partial charge in [0.1, 0.15) is 42.5 Å². The van der Waals surface area contributed by atoms with Gasteiger partial charge in [-0.1, -0.05) is 0 Å². The Kier molecular flexibility index (Phi) is 7.12. The number of nitrogens with zero attached hydrogens (tertiary/aromatic N) is 4. The maximum absolute atomic E-state index is 12.0. The summed E-state index contributed by atoms with van der Waals surface area (Å²) in [6.07, 6.45) is -6.97. The molecule has 184 valence electrons. The molecule has 0 amide bonds. The van der Waals surface area contributed by atoms with Gasteiger partial charge in [-0.3, -0.25) is 19.0 Å². The van der Waals surface area contributed by atoms with Crippen molar-refractivity contribution in [1.29, 1.82) is 0 Å². The molecule has 0 bridgehead atoms. The molecule has 0 aliphatic carbocycles. The summed E-state index contributed by atoms with van der Waals surface area (Å²) in [5.41, 5.74) is 6.22. The van der Waals surface area contributed by atoms with Gasteiger partial charge >= 0.3 is 16.1 Å². The molecule has 2 saturated heterocycles. The third kappa shape index (κ3) is 5.09. The van der Waals surface area contributed by atoms with Gasteiger partial charge < -0.3 is 40.3 Å². The molecule has 2 fully saturated rings. The van der Waals surface area contributed by atoms with Crippen molar-refractivity contribution in [2.45, 2.75) is 43.0 Å². The number of nitrogens with one attached hydrogen (secondary N) is 1. The van der Waals surface area contributed by atoms with Crippen molar-refractivity contribution < 1.29 is 52.5 Å². The molecule has 0 aromatic carbocycles. The molecule has 2 aliphatic heterocycles. The van der Waals surface area contributed by atoms with Crippen molar-refractivity contribution in [2.75, 3.05) is 18.9 Å². The summed E-state index contributed by atoms with van der Waals surface area (Å²) in [5.74, 6) is 0.105.